The zero-order valence-electron chi connectivity index (χ0n) is 10.3. The predicted octanol–water partition coefficient (Wildman–Crippen LogP) is 3.68. The molecule has 1 unspecified atom stereocenters. The summed E-state index contributed by atoms with van der Waals surface area (Å²) >= 11 is 3.55. The molecular weight excluding hydrogens is 282 g/mol. The topological polar surface area (TPSA) is 30.5 Å². The summed E-state index contributed by atoms with van der Waals surface area (Å²) in [6, 6.07) is 3.97. The highest BCUT2D eigenvalue weighted by Crippen LogP contribution is 2.38. The Balaban J connectivity index is 2.11. The number of hydrogen-bond acceptors (Lipinski definition) is 3. The zero-order chi connectivity index (χ0) is 12.3. The Morgan fingerprint density at radius 1 is 1.29 bits per heavy atom. The Bertz CT molecular complexity index is 395. The van der Waals surface area contributed by atoms with Gasteiger partial charge >= 0.3 is 0 Å². The van der Waals surface area contributed by atoms with Crippen LogP contribution in [-0.4, -0.2) is 19.8 Å². The average molecular weight is 300 g/mol. The molecule has 0 saturated carbocycles. The Labute approximate surface area is 111 Å². The molecule has 1 aliphatic rings. The molecule has 0 bridgehead atoms. The van der Waals surface area contributed by atoms with E-state index in [4.69, 9.17) is 9.47 Å². The third-order valence-corrected chi connectivity index (χ3v) is 3.63. The van der Waals surface area contributed by atoms with Crippen molar-refractivity contribution in [1.29, 1.82) is 0 Å². The summed E-state index contributed by atoms with van der Waals surface area (Å²) in [7, 11) is 0. The number of halogens is 1. The number of benzene rings is 1. The van der Waals surface area contributed by atoms with E-state index >= 15 is 0 Å². The van der Waals surface area contributed by atoms with Gasteiger partial charge in [-0.25, -0.2) is 0 Å². The van der Waals surface area contributed by atoms with Crippen molar-refractivity contribution in [3.05, 3.63) is 16.6 Å². The van der Waals surface area contributed by atoms with E-state index < -0.39 is 0 Å². The minimum Gasteiger partial charge on any atom is -0.486 e. The SMILES string of the molecule is CCC(C)CNc1cc2c(cc1Br)OCCO2. The van der Waals surface area contributed by atoms with Gasteiger partial charge in [0.1, 0.15) is 13.2 Å². The standard InChI is InChI=1S/C13H18BrNO2/c1-3-9(2)8-15-11-7-13-12(6-10(11)14)16-4-5-17-13/h6-7,9,15H,3-5,8H2,1-2H3. The van der Waals surface area contributed by atoms with Crippen LogP contribution >= 0.6 is 15.9 Å². The smallest absolute Gasteiger partial charge is 0.163 e. The third-order valence-electron chi connectivity index (χ3n) is 2.97. The molecule has 0 amide bonds. The fraction of sp³-hybridized carbons (Fsp3) is 0.538. The van der Waals surface area contributed by atoms with E-state index in [1.54, 1.807) is 0 Å². The molecule has 4 heteroatoms. The number of anilines is 1. The molecule has 1 aromatic carbocycles. The van der Waals surface area contributed by atoms with Crippen LogP contribution in [0.1, 0.15) is 20.3 Å². The molecule has 1 aromatic rings. The van der Waals surface area contributed by atoms with E-state index in [0.717, 1.165) is 28.2 Å². The Kier molecular flexibility index (Phi) is 4.15. The van der Waals surface area contributed by atoms with Crippen LogP contribution in [0.2, 0.25) is 0 Å². The molecular formula is C13H18BrNO2. The summed E-state index contributed by atoms with van der Waals surface area (Å²) in [5.41, 5.74) is 1.06. The first-order chi connectivity index (χ1) is 8.20. The molecule has 94 valence electrons. The molecule has 2 rings (SSSR count). The van der Waals surface area contributed by atoms with Gasteiger partial charge in [0.25, 0.3) is 0 Å². The fourth-order valence-corrected chi connectivity index (χ4v) is 2.09. The summed E-state index contributed by atoms with van der Waals surface area (Å²) < 4.78 is 12.1. The lowest BCUT2D eigenvalue weighted by Crippen LogP contribution is -2.16. The van der Waals surface area contributed by atoms with Crippen LogP contribution in [0, 0.1) is 5.92 Å². The van der Waals surface area contributed by atoms with Crippen LogP contribution in [0.25, 0.3) is 0 Å². The van der Waals surface area contributed by atoms with Gasteiger partial charge in [0.2, 0.25) is 0 Å². The summed E-state index contributed by atoms with van der Waals surface area (Å²) in [5.74, 6) is 2.30. The van der Waals surface area contributed by atoms with Crippen LogP contribution in [-0.2, 0) is 0 Å². The Hall–Kier alpha value is -0.900. The summed E-state index contributed by atoms with van der Waals surface area (Å²) in [6.07, 6.45) is 1.18. The van der Waals surface area contributed by atoms with E-state index in [0.29, 0.717) is 19.1 Å². The number of rotatable bonds is 4. The molecule has 3 nitrogen and oxygen atoms in total. The average Bonchev–Trinajstić information content (AvgIpc) is 2.35. The van der Waals surface area contributed by atoms with Crippen molar-refractivity contribution in [1.82, 2.24) is 0 Å². The molecule has 1 aliphatic heterocycles. The van der Waals surface area contributed by atoms with E-state index in [9.17, 15) is 0 Å². The van der Waals surface area contributed by atoms with Crippen molar-refractivity contribution in [2.45, 2.75) is 20.3 Å². The zero-order valence-corrected chi connectivity index (χ0v) is 11.8. The van der Waals surface area contributed by atoms with Crippen molar-refractivity contribution < 1.29 is 9.47 Å². The monoisotopic (exact) mass is 299 g/mol. The predicted molar refractivity (Wildman–Crippen MR) is 73.1 cm³/mol. The molecule has 0 saturated heterocycles. The lowest BCUT2D eigenvalue weighted by atomic mass is 10.1. The van der Waals surface area contributed by atoms with Crippen molar-refractivity contribution in [3.8, 4) is 11.5 Å². The number of hydrogen-bond donors (Lipinski definition) is 1. The minimum absolute atomic E-state index is 0.624. The highest BCUT2D eigenvalue weighted by molar-refractivity contribution is 9.10. The second-order valence-corrected chi connectivity index (χ2v) is 5.22. The maximum Gasteiger partial charge on any atom is 0.163 e. The number of ether oxygens (including phenoxy) is 2. The fourth-order valence-electron chi connectivity index (χ4n) is 1.63. The van der Waals surface area contributed by atoms with Gasteiger partial charge in [-0.15, -0.1) is 0 Å². The lowest BCUT2D eigenvalue weighted by molar-refractivity contribution is 0.171. The van der Waals surface area contributed by atoms with Crippen LogP contribution in [0.4, 0.5) is 5.69 Å². The minimum atomic E-state index is 0.624. The van der Waals surface area contributed by atoms with E-state index in [-0.39, 0.29) is 0 Å². The Morgan fingerprint density at radius 2 is 1.94 bits per heavy atom. The van der Waals surface area contributed by atoms with Crippen LogP contribution < -0.4 is 14.8 Å². The first kappa shape index (κ1) is 12.6. The van der Waals surface area contributed by atoms with E-state index in [1.807, 2.05) is 12.1 Å². The number of fused-ring (bicyclic) bond motifs is 1. The molecule has 0 fully saturated rings. The lowest BCUT2D eigenvalue weighted by Gasteiger charge is -2.21. The van der Waals surface area contributed by atoms with Crippen molar-refractivity contribution in [3.63, 3.8) is 0 Å². The van der Waals surface area contributed by atoms with Gasteiger partial charge in [-0.1, -0.05) is 20.3 Å². The van der Waals surface area contributed by atoms with Crippen molar-refractivity contribution in [2.24, 2.45) is 5.92 Å². The molecule has 0 radical (unpaired) electrons. The van der Waals surface area contributed by atoms with Crippen molar-refractivity contribution >= 4 is 21.6 Å². The quantitative estimate of drug-likeness (QED) is 0.920. The van der Waals surface area contributed by atoms with Gasteiger partial charge < -0.3 is 14.8 Å². The largest absolute Gasteiger partial charge is 0.486 e. The maximum absolute atomic E-state index is 5.57. The van der Waals surface area contributed by atoms with Gasteiger partial charge in [-0.2, -0.15) is 0 Å². The van der Waals surface area contributed by atoms with Crippen LogP contribution in [0.5, 0.6) is 11.5 Å². The second-order valence-electron chi connectivity index (χ2n) is 4.37. The van der Waals surface area contributed by atoms with Crippen molar-refractivity contribution in [2.75, 3.05) is 25.1 Å². The summed E-state index contributed by atoms with van der Waals surface area (Å²) in [4.78, 5) is 0. The highest BCUT2D eigenvalue weighted by atomic mass is 79.9. The second kappa shape index (κ2) is 5.63. The molecule has 0 aliphatic carbocycles. The molecule has 0 spiro atoms. The molecule has 1 heterocycles. The highest BCUT2D eigenvalue weighted by Gasteiger charge is 2.14. The molecule has 0 aromatic heterocycles. The summed E-state index contributed by atoms with van der Waals surface area (Å²) in [5, 5.41) is 3.43. The van der Waals surface area contributed by atoms with Gasteiger partial charge in [0, 0.05) is 23.2 Å². The van der Waals surface area contributed by atoms with Gasteiger partial charge in [-0.3, -0.25) is 0 Å². The normalized spacial score (nSPS) is 15.5. The van der Waals surface area contributed by atoms with E-state index in [2.05, 4.69) is 35.1 Å². The maximum atomic E-state index is 5.57. The van der Waals surface area contributed by atoms with Gasteiger partial charge in [0.05, 0.1) is 5.69 Å². The van der Waals surface area contributed by atoms with E-state index in [1.165, 1.54) is 6.42 Å². The first-order valence-corrected chi connectivity index (χ1v) is 6.83. The molecule has 17 heavy (non-hydrogen) atoms. The van der Waals surface area contributed by atoms with Gasteiger partial charge in [-0.05, 0) is 21.8 Å². The summed E-state index contributed by atoms with van der Waals surface area (Å²) in [6.45, 7) is 6.65. The molecule has 1 atom stereocenters. The number of nitrogens with one attached hydrogen (secondary N) is 1. The van der Waals surface area contributed by atoms with Gasteiger partial charge in [0.15, 0.2) is 11.5 Å². The van der Waals surface area contributed by atoms with Crippen LogP contribution in [0.3, 0.4) is 0 Å². The first-order valence-electron chi connectivity index (χ1n) is 6.03. The molecule has 1 N–H and O–H groups in total. The van der Waals surface area contributed by atoms with Crippen LogP contribution in [0.15, 0.2) is 16.6 Å². The Morgan fingerprint density at radius 3 is 2.59 bits per heavy atom. The third kappa shape index (κ3) is 3.06.